The number of carbonyl (C=O) groups is 1. The van der Waals surface area contributed by atoms with Crippen LogP contribution in [0.3, 0.4) is 0 Å². The number of hydrogen-bond acceptors (Lipinski definition) is 9. The van der Waals surface area contributed by atoms with Gasteiger partial charge in [-0.15, -0.1) is 0 Å². The third-order valence-electron chi connectivity index (χ3n) is 6.64. The summed E-state index contributed by atoms with van der Waals surface area (Å²) >= 11 is 0. The highest BCUT2D eigenvalue weighted by atomic mass is 16.7. The highest BCUT2D eigenvalue weighted by molar-refractivity contribution is 5.71. The van der Waals surface area contributed by atoms with Gasteiger partial charge in [0, 0.05) is 54.5 Å². The molecule has 1 aromatic carbocycles. The maximum Gasteiger partial charge on any atom is 0.319 e. The van der Waals surface area contributed by atoms with Gasteiger partial charge in [-0.25, -0.2) is 4.98 Å². The minimum absolute atomic E-state index is 0.141. The molecular weight excluding hydrogens is 522 g/mol. The number of hydrogen-bond donors (Lipinski definition) is 1. The Morgan fingerprint density at radius 3 is 2.71 bits per heavy atom. The van der Waals surface area contributed by atoms with Gasteiger partial charge in [0.1, 0.15) is 17.6 Å². The van der Waals surface area contributed by atoms with Crippen molar-refractivity contribution < 1.29 is 23.5 Å². The molecule has 1 N–H and O–H groups in total. The molecule has 1 unspecified atom stereocenters. The number of benzene rings is 1. The molecule has 41 heavy (non-hydrogen) atoms. The van der Waals surface area contributed by atoms with Gasteiger partial charge in [0.2, 0.25) is 0 Å². The Labute approximate surface area is 239 Å². The highest BCUT2D eigenvalue weighted by Gasteiger charge is 2.21. The van der Waals surface area contributed by atoms with Crippen LogP contribution in [0.2, 0.25) is 0 Å². The Balaban J connectivity index is 1.16. The lowest BCUT2D eigenvalue weighted by molar-refractivity contribution is -0.188. The maximum atomic E-state index is 11.2. The van der Waals surface area contributed by atoms with E-state index in [-0.39, 0.29) is 24.9 Å². The molecule has 1 aliphatic heterocycles. The number of aromatic nitrogens is 4. The van der Waals surface area contributed by atoms with Gasteiger partial charge in [-0.1, -0.05) is 17.0 Å². The summed E-state index contributed by atoms with van der Waals surface area (Å²) in [6.07, 6.45) is 8.14. The van der Waals surface area contributed by atoms with Gasteiger partial charge in [0.25, 0.3) is 0 Å². The SMILES string of the molecule is COC(=O)CNCc1ccc(C#Cc2ccc(-c3cc(Cn4ccnc4[C@H](C)OC4CCCCO4)no3)cc2)cn1. The number of esters is 1. The number of imidazole rings is 1. The predicted molar refractivity (Wildman–Crippen MR) is 150 cm³/mol. The fourth-order valence-electron chi connectivity index (χ4n) is 4.45. The molecule has 4 aromatic rings. The molecule has 0 radical (unpaired) electrons. The lowest BCUT2D eigenvalue weighted by atomic mass is 10.1. The second kappa shape index (κ2) is 13.9. The zero-order valence-corrected chi connectivity index (χ0v) is 23.2. The summed E-state index contributed by atoms with van der Waals surface area (Å²) in [6.45, 7) is 3.87. The van der Waals surface area contributed by atoms with Crippen LogP contribution in [-0.4, -0.2) is 52.2 Å². The lowest BCUT2D eigenvalue weighted by Crippen LogP contribution is -2.24. The molecule has 10 heteroatoms. The van der Waals surface area contributed by atoms with Crippen molar-refractivity contribution in [2.24, 2.45) is 0 Å². The third-order valence-corrected chi connectivity index (χ3v) is 6.64. The molecule has 0 saturated carbocycles. The van der Waals surface area contributed by atoms with E-state index >= 15 is 0 Å². The molecule has 0 bridgehead atoms. The van der Waals surface area contributed by atoms with E-state index in [0.29, 0.717) is 18.8 Å². The lowest BCUT2D eigenvalue weighted by Gasteiger charge is -2.26. The molecule has 5 rings (SSSR count). The number of pyridine rings is 1. The van der Waals surface area contributed by atoms with Crippen LogP contribution in [0.4, 0.5) is 0 Å². The molecule has 3 aromatic heterocycles. The molecule has 0 spiro atoms. The van der Waals surface area contributed by atoms with E-state index in [2.05, 4.69) is 37.0 Å². The first-order chi connectivity index (χ1) is 20.1. The number of methoxy groups -OCH3 is 1. The molecule has 1 fully saturated rings. The maximum absolute atomic E-state index is 11.2. The van der Waals surface area contributed by atoms with Crippen molar-refractivity contribution in [2.75, 3.05) is 20.3 Å². The number of nitrogens with one attached hydrogen (secondary N) is 1. The molecule has 10 nitrogen and oxygen atoms in total. The smallest absolute Gasteiger partial charge is 0.319 e. The van der Waals surface area contributed by atoms with Crippen LogP contribution in [0.5, 0.6) is 0 Å². The van der Waals surface area contributed by atoms with Crippen LogP contribution >= 0.6 is 0 Å². The standard InChI is InChI=1S/C31H33N5O5/c1-22(40-30-5-3-4-16-39-30)31-33-14-15-36(31)21-27-17-28(41-35-27)25-11-8-23(9-12-25)6-7-24-10-13-26(34-18-24)19-32-20-29(37)38-2/h8-15,17-18,22,30,32H,3-5,16,19-21H2,1-2H3/t22-,30?/m0/s1. The first kappa shape index (κ1) is 28.2. The average molecular weight is 556 g/mol. The van der Waals surface area contributed by atoms with Crippen LogP contribution in [0.1, 0.15) is 60.6 Å². The van der Waals surface area contributed by atoms with E-state index in [1.165, 1.54) is 7.11 Å². The number of ether oxygens (including phenoxy) is 3. The molecule has 212 valence electrons. The van der Waals surface area contributed by atoms with Crippen molar-refractivity contribution in [2.45, 2.75) is 51.7 Å². The zero-order chi connectivity index (χ0) is 28.4. The summed E-state index contributed by atoms with van der Waals surface area (Å²) in [5.41, 5.74) is 4.20. The van der Waals surface area contributed by atoms with Crippen molar-refractivity contribution in [3.05, 3.63) is 89.4 Å². The molecule has 2 atom stereocenters. The second-order valence-electron chi connectivity index (χ2n) is 9.72. The summed E-state index contributed by atoms with van der Waals surface area (Å²) in [7, 11) is 1.36. The first-order valence-corrected chi connectivity index (χ1v) is 13.7. The monoisotopic (exact) mass is 555 g/mol. The summed E-state index contributed by atoms with van der Waals surface area (Å²) < 4.78 is 24.1. The molecule has 0 amide bonds. The van der Waals surface area contributed by atoms with Crippen molar-refractivity contribution in [1.82, 2.24) is 25.0 Å². The topological polar surface area (TPSA) is 114 Å². The Hall–Kier alpha value is -4.30. The fraction of sp³-hybridized carbons (Fsp3) is 0.355. The largest absolute Gasteiger partial charge is 0.468 e. The number of carbonyl (C=O) groups excluding carboxylic acids is 1. The van der Waals surface area contributed by atoms with E-state index in [0.717, 1.165) is 59.8 Å². The normalized spacial score (nSPS) is 15.6. The van der Waals surface area contributed by atoms with Gasteiger partial charge < -0.3 is 28.6 Å². The van der Waals surface area contributed by atoms with E-state index in [4.69, 9.17) is 14.0 Å². The van der Waals surface area contributed by atoms with Crippen molar-refractivity contribution in [3.8, 4) is 23.2 Å². The molecular formula is C31H33N5O5. The molecule has 0 aliphatic carbocycles. The van der Waals surface area contributed by atoms with Crippen LogP contribution < -0.4 is 5.32 Å². The Morgan fingerprint density at radius 2 is 1.95 bits per heavy atom. The van der Waals surface area contributed by atoms with Gasteiger partial charge >= 0.3 is 5.97 Å². The van der Waals surface area contributed by atoms with Crippen LogP contribution in [-0.2, 0) is 32.1 Å². The second-order valence-corrected chi connectivity index (χ2v) is 9.72. The van der Waals surface area contributed by atoms with Gasteiger partial charge in [0.05, 0.1) is 25.9 Å². The summed E-state index contributed by atoms with van der Waals surface area (Å²) in [5.74, 6) is 7.49. The van der Waals surface area contributed by atoms with Gasteiger partial charge in [0.15, 0.2) is 12.1 Å². The quantitative estimate of drug-likeness (QED) is 0.227. The van der Waals surface area contributed by atoms with Crippen LogP contribution in [0.25, 0.3) is 11.3 Å². The van der Waals surface area contributed by atoms with Gasteiger partial charge in [-0.3, -0.25) is 9.78 Å². The van der Waals surface area contributed by atoms with Crippen LogP contribution in [0.15, 0.2) is 65.6 Å². The first-order valence-electron chi connectivity index (χ1n) is 13.7. The fourth-order valence-corrected chi connectivity index (χ4v) is 4.45. The van der Waals surface area contributed by atoms with Gasteiger partial charge in [-0.05, 0) is 62.6 Å². The van der Waals surface area contributed by atoms with E-state index < -0.39 is 0 Å². The zero-order valence-electron chi connectivity index (χ0n) is 23.2. The third kappa shape index (κ3) is 7.89. The summed E-state index contributed by atoms with van der Waals surface area (Å²) in [4.78, 5) is 20.1. The van der Waals surface area contributed by atoms with Crippen molar-refractivity contribution >= 4 is 5.97 Å². The number of nitrogens with zero attached hydrogens (tertiary/aromatic N) is 4. The molecule has 1 saturated heterocycles. The minimum Gasteiger partial charge on any atom is -0.468 e. The van der Waals surface area contributed by atoms with E-state index in [9.17, 15) is 4.79 Å². The minimum atomic E-state index is -0.313. The molecule has 4 heterocycles. The Kier molecular flexibility index (Phi) is 9.54. The number of rotatable bonds is 10. The van der Waals surface area contributed by atoms with Crippen molar-refractivity contribution in [1.29, 1.82) is 0 Å². The van der Waals surface area contributed by atoms with Crippen molar-refractivity contribution in [3.63, 3.8) is 0 Å². The Bertz CT molecular complexity index is 1480. The predicted octanol–water partition coefficient (Wildman–Crippen LogP) is 4.25. The highest BCUT2D eigenvalue weighted by Crippen LogP contribution is 2.25. The summed E-state index contributed by atoms with van der Waals surface area (Å²) in [5, 5.41) is 7.25. The van der Waals surface area contributed by atoms with E-state index in [1.54, 1.807) is 12.4 Å². The average Bonchev–Trinajstić information content (AvgIpc) is 3.68. The van der Waals surface area contributed by atoms with Gasteiger partial charge in [-0.2, -0.15) is 0 Å². The van der Waals surface area contributed by atoms with E-state index in [1.807, 2.05) is 60.2 Å². The molecule has 1 aliphatic rings. The van der Waals surface area contributed by atoms with Crippen LogP contribution in [0, 0.1) is 11.8 Å². The Morgan fingerprint density at radius 1 is 1.12 bits per heavy atom. The summed E-state index contributed by atoms with van der Waals surface area (Å²) in [6, 6.07) is 13.5.